The zero-order chi connectivity index (χ0) is 27.5. The number of halogens is 1. The molecule has 4 aromatic rings. The van der Waals surface area contributed by atoms with Crippen LogP contribution < -0.4 is 9.64 Å². The van der Waals surface area contributed by atoms with Gasteiger partial charge in [0.25, 0.3) is 11.7 Å². The monoisotopic (exact) mass is 518 g/mol. The summed E-state index contributed by atoms with van der Waals surface area (Å²) in [5, 5.41) is 20.5. The second kappa shape index (κ2) is 10.6. The van der Waals surface area contributed by atoms with Crippen molar-refractivity contribution >= 4 is 23.1 Å². The summed E-state index contributed by atoms with van der Waals surface area (Å²) < 4.78 is 19.7. The van der Waals surface area contributed by atoms with E-state index in [0.717, 1.165) is 11.1 Å². The van der Waals surface area contributed by atoms with Gasteiger partial charge in [-0.15, -0.1) is 0 Å². The summed E-state index contributed by atoms with van der Waals surface area (Å²) in [6, 6.07) is 27.3. The quantitative estimate of drug-likeness (QED) is 0.186. The van der Waals surface area contributed by atoms with Crippen LogP contribution in [0.4, 0.5) is 10.1 Å². The van der Waals surface area contributed by atoms with Gasteiger partial charge in [0.1, 0.15) is 23.9 Å². The number of anilines is 1. The van der Waals surface area contributed by atoms with E-state index >= 15 is 0 Å². The second-order valence-corrected chi connectivity index (χ2v) is 9.13. The Morgan fingerprint density at radius 2 is 1.67 bits per heavy atom. The van der Waals surface area contributed by atoms with Gasteiger partial charge in [0.2, 0.25) is 0 Å². The van der Waals surface area contributed by atoms with Crippen LogP contribution in [0.3, 0.4) is 0 Å². The number of aliphatic hydroxyl groups is 1. The average Bonchev–Trinajstić information content (AvgIpc) is 3.22. The van der Waals surface area contributed by atoms with Gasteiger partial charge in [0.15, 0.2) is 0 Å². The van der Waals surface area contributed by atoms with Gasteiger partial charge in [-0.05, 0) is 78.2 Å². The lowest BCUT2D eigenvalue weighted by Crippen LogP contribution is -2.29. The van der Waals surface area contributed by atoms with Crippen molar-refractivity contribution in [2.45, 2.75) is 19.6 Å². The van der Waals surface area contributed by atoms with Crippen molar-refractivity contribution in [3.05, 3.63) is 136 Å². The lowest BCUT2D eigenvalue weighted by molar-refractivity contribution is -0.132. The molecule has 1 unspecified atom stereocenters. The van der Waals surface area contributed by atoms with E-state index in [0.29, 0.717) is 34.7 Å². The minimum Gasteiger partial charge on any atom is -0.507 e. The van der Waals surface area contributed by atoms with Gasteiger partial charge in [-0.25, -0.2) is 4.39 Å². The maximum absolute atomic E-state index is 13.8. The first kappa shape index (κ1) is 25.4. The third kappa shape index (κ3) is 5.00. The molecule has 1 aliphatic rings. The molecule has 1 N–H and O–H groups in total. The smallest absolute Gasteiger partial charge is 0.300 e. The Labute approximate surface area is 224 Å². The molecule has 1 fully saturated rings. The molecule has 39 heavy (non-hydrogen) atoms. The van der Waals surface area contributed by atoms with Gasteiger partial charge in [-0.2, -0.15) is 5.26 Å². The molecule has 0 bridgehead atoms. The highest BCUT2D eigenvalue weighted by atomic mass is 19.1. The fraction of sp³-hybridized carbons (Fsp3) is 0.0938. The van der Waals surface area contributed by atoms with Crippen molar-refractivity contribution in [1.82, 2.24) is 0 Å². The van der Waals surface area contributed by atoms with Crippen LogP contribution >= 0.6 is 0 Å². The van der Waals surface area contributed by atoms with E-state index < -0.39 is 23.5 Å². The van der Waals surface area contributed by atoms with Gasteiger partial charge >= 0.3 is 0 Å². The largest absolute Gasteiger partial charge is 0.507 e. The van der Waals surface area contributed by atoms with Crippen molar-refractivity contribution in [3.8, 4) is 11.8 Å². The van der Waals surface area contributed by atoms with Crippen molar-refractivity contribution < 1.29 is 23.8 Å². The minimum absolute atomic E-state index is 0.117. The number of nitrogens with zero attached hydrogens (tertiary/aromatic N) is 2. The Bertz CT molecular complexity index is 1620. The molecule has 0 radical (unpaired) electrons. The molecule has 0 aliphatic carbocycles. The Kier molecular flexibility index (Phi) is 6.94. The number of Topliss-reactive ketones (excluding diaryl/α,β-unsaturated/α-hetero) is 1. The molecule has 0 saturated carbocycles. The van der Waals surface area contributed by atoms with Gasteiger partial charge in [-0.3, -0.25) is 14.5 Å². The van der Waals surface area contributed by atoms with Crippen LogP contribution in [0, 0.1) is 24.1 Å². The lowest BCUT2D eigenvalue weighted by atomic mass is 9.94. The van der Waals surface area contributed by atoms with Gasteiger partial charge < -0.3 is 9.84 Å². The molecule has 1 saturated heterocycles. The highest BCUT2D eigenvalue weighted by Gasteiger charge is 2.47. The molecule has 1 aliphatic heterocycles. The third-order valence-corrected chi connectivity index (χ3v) is 6.59. The van der Waals surface area contributed by atoms with Gasteiger partial charge in [0.05, 0.1) is 23.2 Å². The van der Waals surface area contributed by atoms with E-state index in [4.69, 9.17) is 10.00 Å². The van der Waals surface area contributed by atoms with Crippen LogP contribution in [-0.4, -0.2) is 16.8 Å². The molecule has 1 amide bonds. The third-order valence-electron chi connectivity index (χ3n) is 6.59. The normalized spacial score (nSPS) is 16.2. The number of carbonyl (C=O) groups is 2. The molecule has 0 spiro atoms. The molecule has 1 atom stereocenters. The molecule has 4 aromatic carbocycles. The van der Waals surface area contributed by atoms with Crippen molar-refractivity contribution in [3.63, 3.8) is 0 Å². The van der Waals surface area contributed by atoms with Crippen LogP contribution in [0.1, 0.15) is 33.9 Å². The summed E-state index contributed by atoms with van der Waals surface area (Å²) in [6.07, 6.45) is 0. The second-order valence-electron chi connectivity index (χ2n) is 9.13. The summed E-state index contributed by atoms with van der Waals surface area (Å²) in [6.45, 7) is 2.19. The molecule has 6 nitrogen and oxygen atoms in total. The summed E-state index contributed by atoms with van der Waals surface area (Å²) in [5.41, 5.74) is 3.16. The van der Waals surface area contributed by atoms with E-state index in [2.05, 4.69) is 0 Å². The Balaban J connectivity index is 1.55. The maximum Gasteiger partial charge on any atom is 0.300 e. The highest BCUT2D eigenvalue weighted by molar-refractivity contribution is 6.51. The number of hydrogen-bond donors (Lipinski definition) is 1. The van der Waals surface area contributed by atoms with Crippen LogP contribution in [-0.2, 0) is 16.2 Å². The first-order valence-corrected chi connectivity index (χ1v) is 12.2. The number of ketones is 1. The highest BCUT2D eigenvalue weighted by Crippen LogP contribution is 2.42. The zero-order valence-corrected chi connectivity index (χ0v) is 21.0. The fourth-order valence-electron chi connectivity index (χ4n) is 4.61. The lowest BCUT2D eigenvalue weighted by Gasteiger charge is -2.25. The number of benzene rings is 4. The van der Waals surface area contributed by atoms with Gasteiger partial charge in [-0.1, -0.05) is 42.5 Å². The fourth-order valence-corrected chi connectivity index (χ4v) is 4.61. The zero-order valence-electron chi connectivity index (χ0n) is 21.0. The number of hydrogen-bond acceptors (Lipinski definition) is 5. The topological polar surface area (TPSA) is 90.6 Å². The van der Waals surface area contributed by atoms with Gasteiger partial charge in [0, 0.05) is 11.3 Å². The first-order chi connectivity index (χ1) is 18.9. The number of aliphatic hydroxyl groups excluding tert-OH is 1. The predicted octanol–water partition coefficient (Wildman–Crippen LogP) is 6.21. The van der Waals surface area contributed by atoms with Crippen molar-refractivity contribution in [1.29, 1.82) is 5.26 Å². The van der Waals surface area contributed by atoms with E-state index in [9.17, 15) is 19.1 Å². The number of amides is 1. The number of rotatable bonds is 6. The number of carbonyl (C=O) groups excluding carboxylic acids is 2. The van der Waals surface area contributed by atoms with Crippen LogP contribution in [0.2, 0.25) is 0 Å². The molecular formula is C32H23FN2O4. The Hall–Kier alpha value is -5.22. The summed E-state index contributed by atoms with van der Waals surface area (Å²) >= 11 is 0. The predicted molar refractivity (Wildman–Crippen MR) is 144 cm³/mol. The molecule has 192 valence electrons. The van der Waals surface area contributed by atoms with E-state index in [1.165, 1.54) is 41.3 Å². The number of nitriles is 1. The first-order valence-electron chi connectivity index (χ1n) is 12.2. The standard InChI is InChI=1S/C32H23FN2O4/c1-20-17-24(11-16-27(20)39-19-22-5-3-2-4-6-22)30(36)28-29(23-9-12-25(33)13-10-23)35(32(38)31(28)37)26-14-7-21(18-34)8-15-26/h2-17,29,36H,19H2,1H3/b30-28-. The number of aryl methyl sites for hydroxylation is 1. The number of ether oxygens (including phenoxy) is 1. The molecule has 7 heteroatoms. The van der Waals surface area contributed by atoms with E-state index in [1.807, 2.05) is 43.3 Å². The summed E-state index contributed by atoms with van der Waals surface area (Å²) in [4.78, 5) is 27.9. The SMILES string of the molecule is Cc1cc(/C(O)=C2/C(=O)C(=O)N(c3ccc(C#N)cc3)C2c2ccc(F)cc2)ccc1OCc1ccccc1. The summed E-state index contributed by atoms with van der Waals surface area (Å²) in [5.74, 6) is -1.92. The van der Waals surface area contributed by atoms with Crippen LogP contribution in [0.5, 0.6) is 5.75 Å². The van der Waals surface area contributed by atoms with Crippen LogP contribution in [0.25, 0.3) is 5.76 Å². The van der Waals surface area contributed by atoms with E-state index in [1.54, 1.807) is 30.3 Å². The molecule has 5 rings (SSSR count). The molecule has 1 heterocycles. The Morgan fingerprint density at radius 3 is 2.31 bits per heavy atom. The summed E-state index contributed by atoms with van der Waals surface area (Å²) in [7, 11) is 0. The van der Waals surface area contributed by atoms with E-state index in [-0.39, 0.29) is 11.3 Å². The Morgan fingerprint density at radius 1 is 0.974 bits per heavy atom. The minimum atomic E-state index is -1.01. The van der Waals surface area contributed by atoms with Crippen molar-refractivity contribution in [2.75, 3.05) is 4.90 Å². The molecule has 0 aromatic heterocycles. The maximum atomic E-state index is 13.8. The van der Waals surface area contributed by atoms with Crippen molar-refractivity contribution in [2.24, 2.45) is 0 Å². The molecular weight excluding hydrogens is 495 g/mol. The van der Waals surface area contributed by atoms with Crippen LogP contribution in [0.15, 0.2) is 103 Å². The average molecular weight is 519 g/mol.